The van der Waals surface area contributed by atoms with Crippen molar-refractivity contribution in [3.63, 3.8) is 0 Å². The lowest BCUT2D eigenvalue weighted by Gasteiger charge is -2.05. The molecule has 0 heterocycles. The Morgan fingerprint density at radius 2 is 1.82 bits per heavy atom. The van der Waals surface area contributed by atoms with E-state index in [2.05, 4.69) is 11.3 Å². The molecule has 0 bridgehead atoms. The monoisotopic (exact) mass is 306 g/mol. The van der Waals surface area contributed by atoms with Crippen molar-refractivity contribution in [3.05, 3.63) is 42.5 Å². The molecule has 0 fully saturated rings. The summed E-state index contributed by atoms with van der Waals surface area (Å²) in [5.74, 6) is -0.961. The minimum absolute atomic E-state index is 0.213. The number of hydrogen-bond acceptors (Lipinski definition) is 6. The van der Waals surface area contributed by atoms with Crippen LogP contribution in [-0.4, -0.2) is 31.6 Å². The van der Waals surface area contributed by atoms with Crippen LogP contribution in [0.2, 0.25) is 0 Å². The molecular weight excluding hydrogens is 288 g/mol. The van der Waals surface area contributed by atoms with Gasteiger partial charge in [0.05, 0.1) is 19.3 Å². The Labute approximate surface area is 128 Å². The highest BCUT2D eigenvalue weighted by Crippen LogP contribution is 2.14. The molecule has 6 heteroatoms. The summed E-state index contributed by atoms with van der Waals surface area (Å²) in [6.45, 7) is 3.52. The Morgan fingerprint density at radius 1 is 1.14 bits per heavy atom. The number of carbonyl (C=O) groups is 3. The topological polar surface area (TPSA) is 78.9 Å². The first kappa shape index (κ1) is 17.4. The van der Waals surface area contributed by atoms with Gasteiger partial charge in [0.2, 0.25) is 0 Å². The molecule has 1 aromatic rings. The highest BCUT2D eigenvalue weighted by Gasteiger charge is 2.08. The fourth-order valence-corrected chi connectivity index (χ4v) is 1.56. The van der Waals surface area contributed by atoms with Gasteiger partial charge in [-0.1, -0.05) is 6.58 Å². The van der Waals surface area contributed by atoms with Crippen molar-refractivity contribution in [1.82, 2.24) is 0 Å². The number of methoxy groups -OCH3 is 1. The Morgan fingerprint density at radius 3 is 2.41 bits per heavy atom. The summed E-state index contributed by atoms with van der Waals surface area (Å²) in [5.41, 5.74) is 0.381. The number of carbonyl (C=O) groups excluding carboxylic acids is 3. The van der Waals surface area contributed by atoms with Crippen LogP contribution in [0.15, 0.2) is 36.9 Å². The predicted molar refractivity (Wildman–Crippen MR) is 78.4 cm³/mol. The third-order valence-corrected chi connectivity index (χ3v) is 2.69. The Kier molecular flexibility index (Phi) is 7.39. The van der Waals surface area contributed by atoms with E-state index in [1.165, 1.54) is 31.4 Å². The minimum Gasteiger partial charge on any atom is -0.465 e. The summed E-state index contributed by atoms with van der Waals surface area (Å²) >= 11 is 0. The van der Waals surface area contributed by atoms with Crippen LogP contribution < -0.4 is 4.74 Å². The van der Waals surface area contributed by atoms with Crippen LogP contribution in [0.3, 0.4) is 0 Å². The molecule has 118 valence electrons. The van der Waals surface area contributed by atoms with Gasteiger partial charge in [0, 0.05) is 12.5 Å². The lowest BCUT2D eigenvalue weighted by molar-refractivity contribution is -0.137. The van der Waals surface area contributed by atoms with Crippen molar-refractivity contribution >= 4 is 17.9 Å². The normalized spacial score (nSPS) is 9.68. The second kappa shape index (κ2) is 9.33. The van der Waals surface area contributed by atoms with E-state index < -0.39 is 11.9 Å². The summed E-state index contributed by atoms with van der Waals surface area (Å²) in [6, 6.07) is 6.08. The van der Waals surface area contributed by atoms with E-state index in [0.29, 0.717) is 24.2 Å². The van der Waals surface area contributed by atoms with Gasteiger partial charge < -0.3 is 14.2 Å². The van der Waals surface area contributed by atoms with Crippen LogP contribution in [0.5, 0.6) is 5.75 Å². The van der Waals surface area contributed by atoms with Crippen molar-refractivity contribution in [3.8, 4) is 5.75 Å². The second-order valence-corrected chi connectivity index (χ2v) is 4.32. The van der Waals surface area contributed by atoms with Gasteiger partial charge in [-0.05, 0) is 37.1 Å². The zero-order chi connectivity index (χ0) is 16.4. The maximum absolute atomic E-state index is 11.6. The first-order valence-corrected chi connectivity index (χ1v) is 6.75. The zero-order valence-electron chi connectivity index (χ0n) is 12.4. The molecule has 0 aliphatic rings. The summed E-state index contributed by atoms with van der Waals surface area (Å²) < 4.78 is 14.5. The minimum atomic E-state index is -0.478. The zero-order valence-corrected chi connectivity index (χ0v) is 12.4. The molecule has 0 atom stereocenters. The van der Waals surface area contributed by atoms with Crippen molar-refractivity contribution < 1.29 is 28.6 Å². The number of unbranched alkanes of at least 4 members (excludes halogenated alkanes) is 1. The molecule has 0 aliphatic carbocycles. The van der Waals surface area contributed by atoms with E-state index in [-0.39, 0.29) is 19.0 Å². The van der Waals surface area contributed by atoms with Gasteiger partial charge in [-0.2, -0.15) is 0 Å². The molecule has 0 saturated carbocycles. The number of hydrogen-bond donors (Lipinski definition) is 0. The summed E-state index contributed by atoms with van der Waals surface area (Å²) in [5, 5.41) is 0. The van der Waals surface area contributed by atoms with Crippen molar-refractivity contribution in [2.75, 3.05) is 13.7 Å². The highest BCUT2D eigenvalue weighted by atomic mass is 16.5. The number of rotatable bonds is 8. The maximum atomic E-state index is 11.6. The van der Waals surface area contributed by atoms with Gasteiger partial charge in [0.1, 0.15) is 5.75 Å². The smallest absolute Gasteiger partial charge is 0.337 e. The molecule has 0 N–H and O–H groups in total. The quantitative estimate of drug-likeness (QED) is 0.317. The van der Waals surface area contributed by atoms with Crippen LogP contribution >= 0.6 is 0 Å². The Hall–Kier alpha value is -2.63. The molecule has 0 radical (unpaired) electrons. The predicted octanol–water partition coefficient (Wildman–Crippen LogP) is 2.28. The molecule has 0 aliphatic heterocycles. The number of esters is 3. The van der Waals surface area contributed by atoms with E-state index in [1.54, 1.807) is 0 Å². The highest BCUT2D eigenvalue weighted by molar-refractivity contribution is 5.89. The fraction of sp³-hybridized carbons (Fsp3) is 0.312. The van der Waals surface area contributed by atoms with Crippen molar-refractivity contribution in [1.29, 1.82) is 0 Å². The lowest BCUT2D eigenvalue weighted by atomic mass is 10.2. The first-order valence-electron chi connectivity index (χ1n) is 6.75. The first-order chi connectivity index (χ1) is 10.6. The molecule has 0 amide bonds. The molecule has 0 aromatic heterocycles. The van der Waals surface area contributed by atoms with Crippen LogP contribution in [0.1, 0.15) is 29.6 Å². The second-order valence-electron chi connectivity index (χ2n) is 4.32. The lowest BCUT2D eigenvalue weighted by Crippen LogP contribution is -2.09. The third-order valence-electron chi connectivity index (χ3n) is 2.69. The van der Waals surface area contributed by atoms with Gasteiger partial charge in [-0.15, -0.1) is 0 Å². The van der Waals surface area contributed by atoms with Crippen LogP contribution in [-0.2, 0) is 19.1 Å². The van der Waals surface area contributed by atoms with Gasteiger partial charge in [0.15, 0.2) is 0 Å². The van der Waals surface area contributed by atoms with Gasteiger partial charge >= 0.3 is 17.9 Å². The SMILES string of the molecule is C=CC(=O)OCCCCC(=O)Oc1ccc(C(=O)OC)cc1. The molecule has 1 aromatic carbocycles. The molecule has 0 unspecified atom stereocenters. The number of benzene rings is 1. The molecular formula is C16H18O6. The van der Waals surface area contributed by atoms with E-state index >= 15 is 0 Å². The average Bonchev–Trinajstić information content (AvgIpc) is 2.54. The molecule has 0 saturated heterocycles. The average molecular weight is 306 g/mol. The van der Waals surface area contributed by atoms with E-state index in [1.807, 2.05) is 0 Å². The fourth-order valence-electron chi connectivity index (χ4n) is 1.56. The Bertz CT molecular complexity index is 532. The van der Waals surface area contributed by atoms with Crippen molar-refractivity contribution in [2.24, 2.45) is 0 Å². The summed E-state index contributed by atoms with van der Waals surface area (Å²) in [6.07, 6.45) is 2.41. The molecule has 0 spiro atoms. The van der Waals surface area contributed by atoms with E-state index in [4.69, 9.17) is 9.47 Å². The summed E-state index contributed by atoms with van der Waals surface area (Å²) in [4.78, 5) is 33.6. The largest absolute Gasteiger partial charge is 0.465 e. The van der Waals surface area contributed by atoms with Gasteiger partial charge in [-0.3, -0.25) is 4.79 Å². The molecule has 22 heavy (non-hydrogen) atoms. The third kappa shape index (κ3) is 6.21. The van der Waals surface area contributed by atoms with Crippen LogP contribution in [0.4, 0.5) is 0 Å². The van der Waals surface area contributed by atoms with E-state index in [9.17, 15) is 14.4 Å². The van der Waals surface area contributed by atoms with Gasteiger partial charge in [-0.25, -0.2) is 9.59 Å². The van der Waals surface area contributed by atoms with Gasteiger partial charge in [0.25, 0.3) is 0 Å². The number of ether oxygens (including phenoxy) is 3. The van der Waals surface area contributed by atoms with Crippen LogP contribution in [0.25, 0.3) is 0 Å². The van der Waals surface area contributed by atoms with Crippen molar-refractivity contribution in [2.45, 2.75) is 19.3 Å². The van der Waals surface area contributed by atoms with E-state index in [0.717, 1.165) is 6.08 Å². The maximum Gasteiger partial charge on any atom is 0.337 e. The Balaban J connectivity index is 2.28. The standard InChI is InChI=1S/C16H18O6/c1-3-14(17)21-11-5-4-6-15(18)22-13-9-7-12(8-10-13)16(19)20-2/h3,7-10H,1,4-6,11H2,2H3. The summed E-state index contributed by atoms with van der Waals surface area (Å²) in [7, 11) is 1.29. The molecule has 1 rings (SSSR count). The van der Waals surface area contributed by atoms with Crippen LogP contribution in [0, 0.1) is 0 Å². The molecule has 6 nitrogen and oxygen atoms in total.